The Hall–Kier alpha value is -2.24. The molecule has 0 rings (SSSR count). The zero-order chi connectivity index (χ0) is 47.5. The van der Waals surface area contributed by atoms with Crippen molar-refractivity contribution in [3.05, 3.63) is 0 Å². The maximum absolute atomic E-state index is 12.6. The van der Waals surface area contributed by atoms with Crippen LogP contribution in [0.25, 0.3) is 0 Å². The highest BCUT2D eigenvalue weighted by molar-refractivity contribution is 5.82. The Morgan fingerprint density at radius 3 is 1.45 bits per heavy atom. The molecule has 0 bridgehead atoms. The summed E-state index contributed by atoms with van der Waals surface area (Å²) in [7, 11) is 0. The minimum absolute atomic E-state index is 0.0245. The van der Waals surface area contributed by atoms with E-state index in [1.165, 1.54) is 109 Å². The monoisotopic (exact) mass is 911 g/mol. The van der Waals surface area contributed by atoms with E-state index in [0.29, 0.717) is 19.6 Å². The molecule has 11 heteroatoms. The number of aliphatic carboxylic acids is 1. The summed E-state index contributed by atoms with van der Waals surface area (Å²) in [6, 6.07) is 0. The summed E-state index contributed by atoms with van der Waals surface area (Å²) >= 11 is 0. The van der Waals surface area contributed by atoms with Crippen molar-refractivity contribution in [2.75, 3.05) is 46.0 Å². The minimum atomic E-state index is -1.39. The van der Waals surface area contributed by atoms with Crippen molar-refractivity contribution in [1.82, 2.24) is 10.2 Å². The van der Waals surface area contributed by atoms with Gasteiger partial charge in [-0.15, -0.1) is 0 Å². The Morgan fingerprint density at radius 1 is 0.531 bits per heavy atom. The van der Waals surface area contributed by atoms with Crippen LogP contribution in [0.1, 0.15) is 247 Å². The molecule has 64 heavy (non-hydrogen) atoms. The van der Waals surface area contributed by atoms with Gasteiger partial charge in [0.2, 0.25) is 5.91 Å². The van der Waals surface area contributed by atoms with E-state index in [9.17, 15) is 34.5 Å². The van der Waals surface area contributed by atoms with E-state index >= 15 is 0 Å². The molecule has 0 radical (unpaired) electrons. The van der Waals surface area contributed by atoms with Gasteiger partial charge in [-0.25, -0.2) is 0 Å². The zero-order valence-electron chi connectivity index (χ0n) is 42.3. The second-order valence-corrected chi connectivity index (χ2v) is 19.5. The van der Waals surface area contributed by atoms with E-state index in [4.69, 9.17) is 9.47 Å². The van der Waals surface area contributed by atoms with E-state index in [2.05, 4.69) is 31.0 Å². The fourth-order valence-electron chi connectivity index (χ4n) is 8.51. The lowest BCUT2D eigenvalue weighted by Crippen LogP contribution is -2.46. The van der Waals surface area contributed by atoms with Crippen LogP contribution in [-0.4, -0.2) is 96.1 Å². The number of aliphatic hydroxyl groups is 2. The van der Waals surface area contributed by atoms with Crippen molar-refractivity contribution in [1.29, 1.82) is 0 Å². The van der Waals surface area contributed by atoms with Gasteiger partial charge < -0.3 is 30.1 Å². The van der Waals surface area contributed by atoms with Crippen LogP contribution in [0, 0.1) is 17.3 Å². The molecule has 0 aliphatic carbocycles. The van der Waals surface area contributed by atoms with Gasteiger partial charge in [-0.2, -0.15) is 0 Å². The number of nitrogens with one attached hydrogen (secondary N) is 1. The molecule has 0 aromatic heterocycles. The summed E-state index contributed by atoms with van der Waals surface area (Å²) < 4.78 is 11.0. The second kappa shape index (κ2) is 43.3. The number of rotatable bonds is 48. The first kappa shape index (κ1) is 61.8. The third-order valence-electron chi connectivity index (χ3n) is 13.0. The molecular formula is C53H102N2O9. The van der Waals surface area contributed by atoms with E-state index in [1.807, 2.05) is 0 Å². The Balaban J connectivity index is 4.97. The quantitative estimate of drug-likeness (QED) is 0.0341. The van der Waals surface area contributed by atoms with Crippen molar-refractivity contribution in [3.63, 3.8) is 0 Å². The summed E-state index contributed by atoms with van der Waals surface area (Å²) in [4.78, 5) is 52.0. The number of unbranched alkanes of at least 4 members (excludes halogenated alkanes) is 23. The molecule has 0 fully saturated rings. The van der Waals surface area contributed by atoms with Crippen LogP contribution in [0.3, 0.4) is 0 Å². The van der Waals surface area contributed by atoms with Gasteiger partial charge in [0, 0.05) is 24.9 Å². The van der Waals surface area contributed by atoms with Gasteiger partial charge in [0.05, 0.1) is 25.6 Å². The topological polar surface area (TPSA) is 163 Å². The molecule has 0 aromatic rings. The summed E-state index contributed by atoms with van der Waals surface area (Å²) in [6.45, 7) is 12.5. The largest absolute Gasteiger partial charge is 0.481 e. The van der Waals surface area contributed by atoms with Crippen molar-refractivity contribution in [2.24, 2.45) is 17.3 Å². The Morgan fingerprint density at radius 2 is 0.953 bits per heavy atom. The number of hydrogen-bond donors (Lipinski definition) is 4. The number of carbonyl (C=O) groups is 4. The Kier molecular flexibility index (Phi) is 41.8. The molecular weight excluding hydrogens is 809 g/mol. The third-order valence-corrected chi connectivity index (χ3v) is 13.0. The summed E-state index contributed by atoms with van der Waals surface area (Å²) in [5.41, 5.74) is -0.992. The molecule has 1 amide bonds. The Bertz CT molecular complexity index is 1100. The average molecular weight is 911 g/mol. The lowest BCUT2D eigenvalue weighted by atomic mass is 9.80. The number of carboxylic acids is 1. The van der Waals surface area contributed by atoms with Crippen LogP contribution in [0.4, 0.5) is 0 Å². The van der Waals surface area contributed by atoms with Crippen LogP contribution in [0.15, 0.2) is 0 Å². The molecule has 4 N–H and O–H groups in total. The molecule has 0 aliphatic rings. The minimum Gasteiger partial charge on any atom is -0.481 e. The fraction of sp³-hybridized carbons (Fsp3) is 0.925. The van der Waals surface area contributed by atoms with Gasteiger partial charge in [-0.05, 0) is 64.0 Å². The first-order chi connectivity index (χ1) is 30.9. The number of carboxylic acid groups (broad SMARTS) is 1. The third kappa shape index (κ3) is 35.9. The summed E-state index contributed by atoms with van der Waals surface area (Å²) in [6.07, 6.45) is 34.1. The highest BCUT2D eigenvalue weighted by Gasteiger charge is 2.33. The molecule has 11 nitrogen and oxygen atoms in total. The molecule has 0 aromatic carbocycles. The number of ether oxygens (including phenoxy) is 2. The number of esters is 2. The van der Waals surface area contributed by atoms with E-state index < -0.39 is 29.4 Å². The van der Waals surface area contributed by atoms with Crippen LogP contribution in [0.2, 0.25) is 0 Å². The maximum atomic E-state index is 12.6. The highest BCUT2D eigenvalue weighted by atomic mass is 16.5. The smallest absolute Gasteiger partial charge is 0.307 e. The van der Waals surface area contributed by atoms with Gasteiger partial charge in [0.1, 0.15) is 12.7 Å². The van der Waals surface area contributed by atoms with Crippen molar-refractivity contribution in [2.45, 2.75) is 253 Å². The lowest BCUT2D eigenvalue weighted by Gasteiger charge is -2.27. The first-order valence-electron chi connectivity index (χ1n) is 26.8. The van der Waals surface area contributed by atoms with Crippen LogP contribution in [0.5, 0.6) is 0 Å². The molecule has 2 atom stereocenters. The molecule has 0 saturated carbocycles. The molecule has 0 aliphatic heterocycles. The van der Waals surface area contributed by atoms with Crippen molar-refractivity contribution >= 4 is 23.8 Å². The molecule has 378 valence electrons. The number of nitrogens with zero attached hydrogens (tertiary/aromatic N) is 1. The normalized spacial score (nSPS) is 12.8. The Labute approximate surface area is 392 Å². The lowest BCUT2D eigenvalue weighted by molar-refractivity contribution is -0.145. The second-order valence-electron chi connectivity index (χ2n) is 19.5. The molecule has 0 spiro atoms. The van der Waals surface area contributed by atoms with Crippen LogP contribution >= 0.6 is 0 Å². The predicted molar refractivity (Wildman–Crippen MR) is 262 cm³/mol. The average Bonchev–Trinajstić information content (AvgIpc) is 3.27. The summed E-state index contributed by atoms with van der Waals surface area (Å²) in [5, 5.41) is 32.5. The van der Waals surface area contributed by atoms with E-state index in [-0.39, 0.29) is 44.0 Å². The zero-order valence-corrected chi connectivity index (χ0v) is 42.3. The van der Waals surface area contributed by atoms with Crippen molar-refractivity contribution in [3.8, 4) is 0 Å². The first-order valence-corrected chi connectivity index (χ1v) is 26.8. The fourth-order valence-corrected chi connectivity index (χ4v) is 8.51. The number of hydrogen-bond acceptors (Lipinski definition) is 9. The van der Waals surface area contributed by atoms with Gasteiger partial charge in [0.25, 0.3) is 0 Å². The van der Waals surface area contributed by atoms with Gasteiger partial charge in [-0.3, -0.25) is 24.1 Å². The number of aliphatic hydroxyl groups excluding tert-OH is 2. The van der Waals surface area contributed by atoms with Crippen LogP contribution < -0.4 is 5.32 Å². The van der Waals surface area contributed by atoms with Gasteiger partial charge in [0.15, 0.2) is 0 Å². The van der Waals surface area contributed by atoms with E-state index in [1.54, 1.807) is 13.8 Å². The predicted octanol–water partition coefficient (Wildman–Crippen LogP) is 12.1. The molecule has 0 heterocycles. The standard InChI is InChI=1S/C53H102N2O9/c1-6-9-12-15-18-19-20-25-33-43-63-48(57)37-30-26-32-41-55(42-44-64-49(58)38-39-54-51(60)50(59)53(4,5)45-56)40-31-24-23-29-36-47(52(61)62)46(34-27-21-16-13-10-7-2)35-28-22-17-14-11-8-3/h46-47,50,56,59H,6-45H2,1-5H3,(H,54,60)(H,61,62)/t47-,50?/m1/s1. The SMILES string of the molecule is CCCCCCCCCCCOC(=O)CCCCCN(CCCCCC[C@@H](C(=O)O)C(CCCCCCCC)CCCCCCCC)CCOC(=O)CCNC(=O)C(O)C(C)(C)CO. The summed E-state index contributed by atoms with van der Waals surface area (Å²) in [5.74, 6) is -1.82. The number of carbonyl (C=O) groups excluding carboxylic acids is 3. The molecule has 0 saturated heterocycles. The highest BCUT2D eigenvalue weighted by Crippen LogP contribution is 2.30. The van der Waals surface area contributed by atoms with Crippen molar-refractivity contribution < 1.29 is 44.0 Å². The van der Waals surface area contributed by atoms with Gasteiger partial charge >= 0.3 is 17.9 Å². The van der Waals surface area contributed by atoms with Gasteiger partial charge in [-0.1, -0.05) is 189 Å². The molecule has 1 unspecified atom stereocenters. The van der Waals surface area contributed by atoms with E-state index in [0.717, 1.165) is 103 Å². The maximum Gasteiger partial charge on any atom is 0.307 e. The number of amides is 1. The van der Waals surface area contributed by atoms with Crippen LogP contribution in [-0.2, 0) is 28.7 Å².